The van der Waals surface area contributed by atoms with Gasteiger partial charge in [-0.25, -0.2) is 8.42 Å². The fourth-order valence-corrected chi connectivity index (χ4v) is 3.11. The average molecular weight is 275 g/mol. The van der Waals surface area contributed by atoms with E-state index in [1.165, 1.54) is 0 Å². The summed E-state index contributed by atoms with van der Waals surface area (Å²) < 4.78 is 28.9. The molecule has 0 atom stereocenters. The number of benzene rings is 2. The molecule has 0 radical (unpaired) electrons. The number of hydrogen-bond donors (Lipinski definition) is 1. The molecule has 0 saturated carbocycles. The van der Waals surface area contributed by atoms with Crippen LogP contribution in [-0.2, 0) is 16.3 Å². The smallest absolute Gasteiger partial charge is 0.205 e. The molecule has 0 aliphatic carbocycles. The normalized spacial score (nSPS) is 15.2. The topological polar surface area (TPSA) is 69.4 Å². The fraction of sp³-hybridized carbons (Fsp3) is 0.143. The number of ether oxygens (including phenoxy) is 1. The predicted octanol–water partition coefficient (Wildman–Crippen LogP) is 1.95. The first-order valence-corrected chi connectivity index (χ1v) is 7.73. The van der Waals surface area contributed by atoms with Crippen molar-refractivity contribution in [3.05, 3.63) is 52.7 Å². The van der Waals surface area contributed by atoms with Crippen LogP contribution < -0.4 is 10.5 Å². The van der Waals surface area contributed by atoms with Gasteiger partial charge in [-0.2, -0.15) is 0 Å². The second kappa shape index (κ2) is 3.99. The lowest BCUT2D eigenvalue weighted by Crippen LogP contribution is -2.21. The lowest BCUT2D eigenvalue weighted by atomic mass is 10.0. The van der Waals surface area contributed by atoms with Gasteiger partial charge in [0.15, 0.2) is 9.84 Å². The quantitative estimate of drug-likeness (QED) is 0.863. The van der Waals surface area contributed by atoms with E-state index in [2.05, 4.69) is 0 Å². The van der Waals surface area contributed by atoms with E-state index in [1.54, 1.807) is 0 Å². The molecule has 0 amide bonds. The summed E-state index contributed by atoms with van der Waals surface area (Å²) in [7, 11) is -3.34. The monoisotopic (exact) mass is 275 g/mol. The van der Waals surface area contributed by atoms with Crippen LogP contribution >= 0.6 is 0 Å². The van der Waals surface area contributed by atoms with E-state index in [0.29, 0.717) is 5.75 Å². The van der Waals surface area contributed by atoms with Gasteiger partial charge in [0.1, 0.15) is 10.7 Å². The number of nitrogens with two attached hydrogens (primary N) is 1. The average Bonchev–Trinajstić information content (AvgIpc) is 2.36. The minimum absolute atomic E-state index is 0.0219. The summed E-state index contributed by atoms with van der Waals surface area (Å²) in [5.41, 5.74) is 6.59. The van der Waals surface area contributed by atoms with Gasteiger partial charge in [-0.15, -0.1) is 0 Å². The number of hydrogen-bond acceptors (Lipinski definition) is 4. The molecule has 0 bridgehead atoms. The Hall–Kier alpha value is -2.01. The van der Waals surface area contributed by atoms with E-state index in [1.807, 2.05) is 36.4 Å². The molecule has 3 rings (SSSR count). The highest BCUT2D eigenvalue weighted by atomic mass is 32.2. The first kappa shape index (κ1) is 12.0. The van der Waals surface area contributed by atoms with Crippen molar-refractivity contribution in [1.82, 2.24) is 0 Å². The van der Waals surface area contributed by atoms with Gasteiger partial charge in [0.25, 0.3) is 0 Å². The van der Waals surface area contributed by atoms with Crippen molar-refractivity contribution in [2.75, 3.05) is 6.26 Å². The lowest BCUT2D eigenvalue weighted by molar-refractivity contribution is 0.405. The summed E-state index contributed by atoms with van der Waals surface area (Å²) in [5.74, 6) is 0.634. The Labute approximate surface area is 111 Å². The van der Waals surface area contributed by atoms with Crippen LogP contribution in [0.25, 0.3) is 10.8 Å². The Bertz CT molecular complexity index is 807. The Kier molecular flexibility index (Phi) is 2.53. The molecule has 19 heavy (non-hydrogen) atoms. The molecule has 98 valence electrons. The molecule has 1 aliphatic heterocycles. The summed E-state index contributed by atoms with van der Waals surface area (Å²) >= 11 is 0. The van der Waals surface area contributed by atoms with Crippen LogP contribution in [0.4, 0.5) is 0 Å². The van der Waals surface area contributed by atoms with Crippen molar-refractivity contribution in [3.63, 3.8) is 0 Å². The predicted molar refractivity (Wildman–Crippen MR) is 74.3 cm³/mol. The van der Waals surface area contributed by atoms with Gasteiger partial charge >= 0.3 is 0 Å². The van der Waals surface area contributed by atoms with Gasteiger partial charge in [0.2, 0.25) is 5.88 Å². The van der Waals surface area contributed by atoms with Gasteiger partial charge in [0.05, 0.1) is 0 Å². The van der Waals surface area contributed by atoms with Crippen molar-refractivity contribution in [3.8, 4) is 5.75 Å². The van der Waals surface area contributed by atoms with Crippen LogP contribution in [0.2, 0.25) is 0 Å². The van der Waals surface area contributed by atoms with E-state index in [0.717, 1.165) is 22.6 Å². The zero-order valence-corrected chi connectivity index (χ0v) is 11.2. The zero-order valence-electron chi connectivity index (χ0n) is 10.4. The molecule has 1 aliphatic rings. The van der Waals surface area contributed by atoms with Crippen LogP contribution in [0.5, 0.6) is 5.75 Å². The molecule has 2 aromatic carbocycles. The van der Waals surface area contributed by atoms with Crippen molar-refractivity contribution < 1.29 is 13.2 Å². The van der Waals surface area contributed by atoms with Crippen molar-refractivity contribution in [1.29, 1.82) is 0 Å². The maximum absolute atomic E-state index is 11.7. The molecule has 2 N–H and O–H groups in total. The number of sulfone groups is 1. The third kappa shape index (κ3) is 1.96. The maximum atomic E-state index is 11.7. The molecule has 0 saturated heterocycles. The summed E-state index contributed by atoms with van der Waals surface area (Å²) in [6, 6.07) is 11.6. The highest BCUT2D eigenvalue weighted by molar-refractivity contribution is 7.94. The van der Waals surface area contributed by atoms with Crippen LogP contribution in [0.1, 0.15) is 5.56 Å². The van der Waals surface area contributed by atoms with Gasteiger partial charge in [-0.3, -0.25) is 0 Å². The number of allylic oxidation sites excluding steroid dienone is 1. The lowest BCUT2D eigenvalue weighted by Gasteiger charge is -2.21. The minimum atomic E-state index is -3.34. The van der Waals surface area contributed by atoms with Crippen LogP contribution in [0.15, 0.2) is 47.2 Å². The molecule has 4 nitrogen and oxygen atoms in total. The summed E-state index contributed by atoms with van der Waals surface area (Å²) in [4.78, 5) is 0.148. The first-order chi connectivity index (χ1) is 8.97. The van der Waals surface area contributed by atoms with Crippen molar-refractivity contribution >= 4 is 20.6 Å². The van der Waals surface area contributed by atoms with E-state index >= 15 is 0 Å². The summed E-state index contributed by atoms with van der Waals surface area (Å²) in [5, 5.41) is 1.98. The van der Waals surface area contributed by atoms with Gasteiger partial charge in [-0.05, 0) is 5.39 Å². The van der Waals surface area contributed by atoms with Crippen LogP contribution in [-0.4, -0.2) is 14.7 Å². The zero-order chi connectivity index (χ0) is 13.6. The maximum Gasteiger partial charge on any atom is 0.205 e. The third-order valence-corrected chi connectivity index (χ3v) is 4.49. The second-order valence-electron chi connectivity index (χ2n) is 4.61. The van der Waals surface area contributed by atoms with Gasteiger partial charge < -0.3 is 10.5 Å². The van der Waals surface area contributed by atoms with Crippen molar-refractivity contribution in [2.24, 2.45) is 5.73 Å². The molecule has 5 heteroatoms. The summed E-state index contributed by atoms with van der Waals surface area (Å²) in [6.07, 6.45) is 1.43. The molecule has 1 heterocycles. The van der Waals surface area contributed by atoms with Crippen molar-refractivity contribution in [2.45, 2.75) is 6.42 Å². The SMILES string of the molecule is CS(=O)(=O)C1=C(N)Oc2c(ccc3ccccc23)C1. The van der Waals surface area contributed by atoms with E-state index in [4.69, 9.17) is 10.5 Å². The third-order valence-electron chi connectivity index (χ3n) is 3.25. The molecule has 0 unspecified atom stereocenters. The van der Waals surface area contributed by atoms with E-state index < -0.39 is 9.84 Å². The first-order valence-electron chi connectivity index (χ1n) is 5.84. The fourth-order valence-electron chi connectivity index (χ4n) is 2.29. The van der Waals surface area contributed by atoms with Gasteiger partial charge in [-0.1, -0.05) is 36.4 Å². The molecule has 0 aromatic heterocycles. The van der Waals surface area contributed by atoms with Crippen LogP contribution in [0.3, 0.4) is 0 Å². The molecular formula is C14H13NO3S. The highest BCUT2D eigenvalue weighted by Crippen LogP contribution is 2.36. The largest absolute Gasteiger partial charge is 0.440 e. The Morgan fingerprint density at radius 2 is 1.89 bits per heavy atom. The Morgan fingerprint density at radius 1 is 1.16 bits per heavy atom. The van der Waals surface area contributed by atoms with Gasteiger partial charge in [0, 0.05) is 23.6 Å². The number of fused-ring (bicyclic) bond motifs is 3. The Morgan fingerprint density at radius 3 is 2.63 bits per heavy atom. The molecule has 0 spiro atoms. The summed E-state index contributed by atoms with van der Waals surface area (Å²) in [6.45, 7) is 0. The van der Waals surface area contributed by atoms with E-state index in [9.17, 15) is 8.42 Å². The minimum Gasteiger partial charge on any atom is -0.440 e. The Balaban J connectivity index is 2.22. The second-order valence-corrected chi connectivity index (χ2v) is 6.65. The molecule has 2 aromatic rings. The van der Waals surface area contributed by atoms with E-state index in [-0.39, 0.29) is 17.2 Å². The molecular weight excluding hydrogens is 262 g/mol. The van der Waals surface area contributed by atoms with Crippen LogP contribution in [0, 0.1) is 0 Å². The highest BCUT2D eigenvalue weighted by Gasteiger charge is 2.26. The standard InChI is InChI=1S/C14H13NO3S/c1-19(16,17)12-8-10-7-6-9-4-2-3-5-11(9)13(10)18-14(12)15/h2-7H,8,15H2,1H3. The molecule has 0 fully saturated rings. The number of rotatable bonds is 1.